The van der Waals surface area contributed by atoms with Crippen LogP contribution < -0.4 is 11.1 Å². The van der Waals surface area contributed by atoms with E-state index in [2.05, 4.69) is 10.4 Å². The third-order valence-electron chi connectivity index (χ3n) is 2.53. The van der Waals surface area contributed by atoms with Crippen molar-refractivity contribution in [3.8, 4) is 6.07 Å². The zero-order valence-electron chi connectivity index (χ0n) is 10.2. The molecule has 1 aromatic carbocycles. The van der Waals surface area contributed by atoms with E-state index in [0.717, 1.165) is 5.56 Å². The largest absolute Gasteiger partial charge is 0.396 e. The third-order valence-corrected chi connectivity index (χ3v) is 2.53. The van der Waals surface area contributed by atoms with Crippen LogP contribution in [0.3, 0.4) is 0 Å². The molecule has 1 aromatic heterocycles. The molecule has 0 aliphatic heterocycles. The molecule has 2 aromatic rings. The van der Waals surface area contributed by atoms with Crippen LogP contribution in [0.5, 0.6) is 0 Å². The van der Waals surface area contributed by atoms with Crippen molar-refractivity contribution >= 4 is 11.6 Å². The fourth-order valence-corrected chi connectivity index (χ4v) is 1.57. The highest BCUT2D eigenvalue weighted by molar-refractivity contribution is 5.75. The van der Waals surface area contributed by atoms with Gasteiger partial charge < -0.3 is 11.1 Å². The second-order valence-corrected chi connectivity index (χ2v) is 4.06. The normalized spacial score (nSPS) is 9.84. The third kappa shape index (κ3) is 3.57. The first-order valence-corrected chi connectivity index (χ1v) is 5.71. The van der Waals surface area contributed by atoms with Gasteiger partial charge in [0, 0.05) is 12.7 Å². The average Bonchev–Trinajstić information content (AvgIpc) is 2.82. The minimum absolute atomic E-state index is 0.132. The number of nitrogens with zero attached hydrogens (tertiary/aromatic N) is 3. The Morgan fingerprint density at radius 2 is 2.16 bits per heavy atom. The Morgan fingerprint density at radius 3 is 2.74 bits per heavy atom. The summed E-state index contributed by atoms with van der Waals surface area (Å²) in [5.41, 5.74) is 7.57. The van der Waals surface area contributed by atoms with Crippen LogP contribution in [-0.2, 0) is 17.9 Å². The molecule has 0 atom stereocenters. The predicted octanol–water partition coefficient (Wildman–Crippen LogP) is 0.653. The Labute approximate surface area is 110 Å². The Kier molecular flexibility index (Phi) is 3.78. The molecule has 2 rings (SSSR count). The predicted molar refractivity (Wildman–Crippen MR) is 69.6 cm³/mol. The first-order chi connectivity index (χ1) is 9.17. The van der Waals surface area contributed by atoms with Gasteiger partial charge in [-0.3, -0.25) is 9.48 Å². The van der Waals surface area contributed by atoms with Gasteiger partial charge in [-0.05, 0) is 17.7 Å². The molecule has 0 saturated carbocycles. The Morgan fingerprint density at radius 1 is 1.42 bits per heavy atom. The summed E-state index contributed by atoms with van der Waals surface area (Å²) < 4.78 is 1.48. The van der Waals surface area contributed by atoms with Crippen molar-refractivity contribution < 1.29 is 4.79 Å². The van der Waals surface area contributed by atoms with E-state index in [-0.39, 0.29) is 12.5 Å². The Balaban J connectivity index is 1.84. The van der Waals surface area contributed by atoms with Crippen molar-refractivity contribution in [3.05, 3.63) is 47.8 Å². The van der Waals surface area contributed by atoms with E-state index in [1.165, 1.54) is 10.9 Å². The van der Waals surface area contributed by atoms with E-state index in [0.29, 0.717) is 17.8 Å². The highest BCUT2D eigenvalue weighted by Gasteiger charge is 2.03. The van der Waals surface area contributed by atoms with Gasteiger partial charge >= 0.3 is 0 Å². The van der Waals surface area contributed by atoms with Crippen molar-refractivity contribution in [3.63, 3.8) is 0 Å². The van der Waals surface area contributed by atoms with Gasteiger partial charge in [-0.15, -0.1) is 0 Å². The van der Waals surface area contributed by atoms with Gasteiger partial charge in [0.05, 0.1) is 23.5 Å². The van der Waals surface area contributed by atoms with Crippen LogP contribution >= 0.6 is 0 Å². The number of anilines is 1. The first kappa shape index (κ1) is 12.6. The van der Waals surface area contributed by atoms with Gasteiger partial charge in [0.15, 0.2) is 0 Å². The van der Waals surface area contributed by atoms with Crippen molar-refractivity contribution in [2.45, 2.75) is 13.1 Å². The van der Waals surface area contributed by atoms with E-state index in [4.69, 9.17) is 11.0 Å². The minimum atomic E-state index is -0.146. The molecule has 6 heteroatoms. The number of carbonyl (C=O) groups is 1. The molecule has 0 radical (unpaired) electrons. The fraction of sp³-hybridized carbons (Fsp3) is 0.154. The quantitative estimate of drug-likeness (QED) is 0.838. The van der Waals surface area contributed by atoms with Crippen LogP contribution in [0, 0.1) is 11.3 Å². The van der Waals surface area contributed by atoms with Crippen LogP contribution in [0.4, 0.5) is 5.69 Å². The second kappa shape index (κ2) is 5.69. The first-order valence-electron chi connectivity index (χ1n) is 5.71. The van der Waals surface area contributed by atoms with Crippen LogP contribution in [0.2, 0.25) is 0 Å². The van der Waals surface area contributed by atoms with Crippen LogP contribution in [0.25, 0.3) is 0 Å². The number of nitrogens with two attached hydrogens (primary N) is 1. The lowest BCUT2D eigenvalue weighted by molar-refractivity contribution is -0.122. The Hall–Kier alpha value is -2.81. The standard InChI is InChI=1S/C13H13N5O/c14-5-10-1-3-11(4-2-10)6-16-13(19)9-18-8-12(15)7-17-18/h1-4,7-8H,6,9,15H2,(H,16,19). The summed E-state index contributed by atoms with van der Waals surface area (Å²) in [6, 6.07) is 9.10. The molecule has 0 aliphatic rings. The summed E-state index contributed by atoms with van der Waals surface area (Å²) in [6.07, 6.45) is 3.09. The zero-order chi connectivity index (χ0) is 13.7. The molecule has 1 heterocycles. The van der Waals surface area contributed by atoms with Crippen LogP contribution in [0.1, 0.15) is 11.1 Å². The highest BCUT2D eigenvalue weighted by atomic mass is 16.2. The summed E-state index contributed by atoms with van der Waals surface area (Å²) in [6.45, 7) is 0.550. The van der Waals surface area contributed by atoms with Crippen molar-refractivity contribution in [2.24, 2.45) is 0 Å². The SMILES string of the molecule is N#Cc1ccc(CNC(=O)Cn2cc(N)cn2)cc1. The number of aromatic nitrogens is 2. The maximum absolute atomic E-state index is 11.7. The van der Waals surface area contributed by atoms with Crippen molar-refractivity contribution in [1.82, 2.24) is 15.1 Å². The summed E-state index contributed by atoms with van der Waals surface area (Å²) in [5.74, 6) is -0.146. The number of nitriles is 1. The lowest BCUT2D eigenvalue weighted by atomic mass is 10.1. The molecule has 0 fully saturated rings. The molecule has 1 amide bonds. The number of hydrogen-bond donors (Lipinski definition) is 2. The van der Waals surface area contributed by atoms with Crippen molar-refractivity contribution in [2.75, 3.05) is 5.73 Å². The number of nitrogens with one attached hydrogen (secondary N) is 1. The van der Waals surface area contributed by atoms with Gasteiger partial charge in [-0.25, -0.2) is 0 Å². The molecule has 0 saturated heterocycles. The zero-order valence-corrected chi connectivity index (χ0v) is 10.2. The van der Waals surface area contributed by atoms with E-state index in [1.54, 1.807) is 18.3 Å². The lowest BCUT2D eigenvalue weighted by Gasteiger charge is -2.05. The van der Waals surface area contributed by atoms with E-state index in [9.17, 15) is 4.79 Å². The molecule has 0 unspecified atom stereocenters. The topological polar surface area (TPSA) is 96.7 Å². The maximum atomic E-state index is 11.7. The maximum Gasteiger partial charge on any atom is 0.241 e. The summed E-state index contributed by atoms with van der Waals surface area (Å²) >= 11 is 0. The van der Waals surface area contributed by atoms with Gasteiger partial charge in [0.25, 0.3) is 0 Å². The smallest absolute Gasteiger partial charge is 0.241 e. The number of hydrogen-bond acceptors (Lipinski definition) is 4. The van der Waals surface area contributed by atoms with E-state index >= 15 is 0 Å². The molecule has 19 heavy (non-hydrogen) atoms. The lowest BCUT2D eigenvalue weighted by Crippen LogP contribution is -2.27. The van der Waals surface area contributed by atoms with Crippen LogP contribution in [0.15, 0.2) is 36.7 Å². The summed E-state index contributed by atoms with van der Waals surface area (Å²) in [4.78, 5) is 11.7. The summed E-state index contributed by atoms with van der Waals surface area (Å²) in [7, 11) is 0. The molecule has 0 spiro atoms. The number of benzene rings is 1. The Bertz CT molecular complexity index is 609. The second-order valence-electron chi connectivity index (χ2n) is 4.06. The fourth-order valence-electron chi connectivity index (χ4n) is 1.57. The van der Waals surface area contributed by atoms with E-state index < -0.39 is 0 Å². The number of nitrogen functional groups attached to an aromatic ring is 1. The molecule has 96 valence electrons. The van der Waals surface area contributed by atoms with Gasteiger partial charge in [-0.1, -0.05) is 12.1 Å². The van der Waals surface area contributed by atoms with Crippen LogP contribution in [-0.4, -0.2) is 15.7 Å². The number of carbonyl (C=O) groups excluding carboxylic acids is 1. The minimum Gasteiger partial charge on any atom is -0.396 e. The molecular weight excluding hydrogens is 242 g/mol. The van der Waals surface area contributed by atoms with Gasteiger partial charge in [0.1, 0.15) is 6.54 Å². The molecule has 3 N–H and O–H groups in total. The highest BCUT2D eigenvalue weighted by Crippen LogP contribution is 2.03. The molecule has 0 aliphatic carbocycles. The number of amides is 1. The van der Waals surface area contributed by atoms with E-state index in [1.807, 2.05) is 18.2 Å². The molecule has 0 bridgehead atoms. The van der Waals surface area contributed by atoms with Crippen molar-refractivity contribution in [1.29, 1.82) is 5.26 Å². The molecule has 6 nitrogen and oxygen atoms in total. The number of rotatable bonds is 4. The van der Waals surface area contributed by atoms with Gasteiger partial charge in [-0.2, -0.15) is 10.4 Å². The molecular formula is C13H13N5O. The average molecular weight is 255 g/mol. The monoisotopic (exact) mass is 255 g/mol. The summed E-state index contributed by atoms with van der Waals surface area (Å²) in [5, 5.41) is 15.4. The van der Waals surface area contributed by atoms with Gasteiger partial charge in [0.2, 0.25) is 5.91 Å².